The third-order valence-electron chi connectivity index (χ3n) is 6.58. The number of benzene rings is 1. The van der Waals surface area contributed by atoms with E-state index in [1.54, 1.807) is 0 Å². The first kappa shape index (κ1) is 23.4. The predicted octanol–water partition coefficient (Wildman–Crippen LogP) is 2.08. The zero-order chi connectivity index (χ0) is 24.2. The van der Waals surface area contributed by atoms with E-state index in [0.717, 1.165) is 25.7 Å². The molecule has 3 amide bonds. The minimum absolute atomic E-state index is 0.0620. The molecule has 2 unspecified atom stereocenters. The van der Waals surface area contributed by atoms with Gasteiger partial charge in [-0.05, 0) is 49.9 Å². The highest BCUT2D eigenvalue weighted by molar-refractivity contribution is 6.05. The fraction of sp³-hybridized carbons (Fsp3) is 0.458. The number of nitrogen functional groups attached to an aromatic ring is 1. The number of carbonyl (C=O) groups is 3. The van der Waals surface area contributed by atoms with E-state index in [1.807, 2.05) is 0 Å². The Morgan fingerprint density at radius 3 is 2.44 bits per heavy atom. The first-order chi connectivity index (χ1) is 16.4. The van der Waals surface area contributed by atoms with Crippen LogP contribution in [0.3, 0.4) is 0 Å². The molecule has 2 heterocycles. The van der Waals surface area contributed by atoms with Crippen molar-refractivity contribution in [3.05, 3.63) is 41.3 Å². The van der Waals surface area contributed by atoms with E-state index in [0.29, 0.717) is 30.8 Å². The van der Waals surface area contributed by atoms with E-state index < -0.39 is 0 Å². The maximum absolute atomic E-state index is 13.2. The fourth-order valence-corrected chi connectivity index (χ4v) is 4.79. The second kappa shape index (κ2) is 10.0. The van der Waals surface area contributed by atoms with Crippen LogP contribution in [0.25, 0.3) is 5.69 Å². The number of hydrogen-bond acceptors (Lipinski definition) is 6. The third kappa shape index (κ3) is 4.64. The van der Waals surface area contributed by atoms with Gasteiger partial charge in [0.15, 0.2) is 0 Å². The van der Waals surface area contributed by atoms with Gasteiger partial charge in [0.25, 0.3) is 0 Å². The van der Waals surface area contributed by atoms with E-state index in [9.17, 15) is 24.0 Å². The Morgan fingerprint density at radius 2 is 1.82 bits per heavy atom. The zero-order valence-corrected chi connectivity index (χ0v) is 18.8. The van der Waals surface area contributed by atoms with Gasteiger partial charge in [-0.25, -0.2) is 9.07 Å². The topological polar surface area (TPSA) is 134 Å². The maximum Gasteiger partial charge on any atom is 0.233 e. The maximum atomic E-state index is 13.2. The number of halogens is 1. The quantitative estimate of drug-likeness (QED) is 0.452. The molecule has 178 valence electrons. The van der Waals surface area contributed by atoms with Crippen molar-refractivity contribution in [1.82, 2.24) is 20.0 Å². The average Bonchev–Trinajstić information content (AvgIpc) is 3.29. The molecule has 1 aliphatic carbocycles. The molecule has 2 atom stereocenters. The lowest BCUT2D eigenvalue weighted by Gasteiger charge is -2.19. The van der Waals surface area contributed by atoms with Crippen molar-refractivity contribution in [2.24, 2.45) is 11.8 Å². The van der Waals surface area contributed by atoms with Crippen molar-refractivity contribution in [3.8, 4) is 11.8 Å². The number of carbonyl (C=O) groups excluding carboxylic acids is 3. The van der Waals surface area contributed by atoms with Gasteiger partial charge in [-0.1, -0.05) is 12.8 Å². The molecule has 10 heteroatoms. The van der Waals surface area contributed by atoms with Crippen LogP contribution in [0.4, 0.5) is 10.2 Å². The number of aryl methyl sites for hydroxylation is 1. The molecule has 34 heavy (non-hydrogen) atoms. The molecular formula is C24H27FN6O3. The van der Waals surface area contributed by atoms with Crippen LogP contribution in [0, 0.1) is 29.0 Å². The van der Waals surface area contributed by atoms with Crippen molar-refractivity contribution in [1.29, 1.82) is 5.26 Å². The third-order valence-corrected chi connectivity index (χ3v) is 6.58. The molecule has 1 aromatic carbocycles. The van der Waals surface area contributed by atoms with Crippen LogP contribution < -0.4 is 11.1 Å². The lowest BCUT2D eigenvalue weighted by molar-refractivity contribution is -0.140. The minimum atomic E-state index is -0.386. The monoisotopic (exact) mass is 466 g/mol. The molecule has 3 N–H and O–H groups in total. The zero-order valence-electron chi connectivity index (χ0n) is 18.8. The second-order valence-corrected chi connectivity index (χ2v) is 8.74. The number of nitrogens with two attached hydrogens (primary N) is 1. The van der Waals surface area contributed by atoms with Crippen molar-refractivity contribution in [2.75, 3.05) is 18.8 Å². The molecule has 0 spiro atoms. The number of rotatable bonds is 8. The van der Waals surface area contributed by atoms with Crippen molar-refractivity contribution < 1.29 is 18.8 Å². The number of likely N-dealkylation sites (tertiary alicyclic amines) is 1. The lowest BCUT2D eigenvalue weighted by atomic mass is 9.81. The number of hydrogen-bond donors (Lipinski definition) is 2. The summed E-state index contributed by atoms with van der Waals surface area (Å²) in [5, 5.41) is 16.6. The van der Waals surface area contributed by atoms with E-state index in [-0.39, 0.29) is 59.7 Å². The van der Waals surface area contributed by atoms with E-state index in [1.165, 1.54) is 33.8 Å². The summed E-state index contributed by atoms with van der Waals surface area (Å²) in [6.07, 6.45) is 4.44. The Balaban J connectivity index is 1.26. The molecule has 4 rings (SSSR count). The highest BCUT2D eigenvalue weighted by atomic mass is 19.1. The Hall–Kier alpha value is -3.74. The Labute approximate surface area is 196 Å². The van der Waals surface area contributed by atoms with Gasteiger partial charge in [-0.3, -0.25) is 19.3 Å². The second-order valence-electron chi connectivity index (χ2n) is 8.74. The van der Waals surface area contributed by atoms with Gasteiger partial charge in [0.05, 0.1) is 23.2 Å². The summed E-state index contributed by atoms with van der Waals surface area (Å²) < 4.78 is 14.6. The van der Waals surface area contributed by atoms with Crippen molar-refractivity contribution in [3.63, 3.8) is 0 Å². The molecule has 2 aromatic rings. The number of fused-ring (bicyclic) bond motifs is 1. The molecule has 1 aliphatic heterocycles. The molecule has 2 aliphatic rings. The Kier molecular flexibility index (Phi) is 6.91. The standard InChI is InChI=1S/C24H27FN6O3/c25-15-7-9-16(10-8-15)31-22(27)19(14-26)20(29-31)6-3-12-28-21(32)11-13-30-23(33)17-4-1-2-5-18(17)24(30)34/h7-10,17-18H,1-6,11-13,27H2,(H,28,32). The van der Waals surface area contributed by atoms with Crippen LogP contribution in [-0.4, -0.2) is 45.5 Å². The average molecular weight is 467 g/mol. The first-order valence-corrected chi connectivity index (χ1v) is 11.6. The van der Waals surface area contributed by atoms with Gasteiger partial charge >= 0.3 is 0 Å². The molecule has 9 nitrogen and oxygen atoms in total. The number of aromatic nitrogens is 2. The molecule has 2 fully saturated rings. The lowest BCUT2D eigenvalue weighted by Crippen LogP contribution is -2.35. The van der Waals surface area contributed by atoms with Crippen LogP contribution >= 0.6 is 0 Å². The largest absolute Gasteiger partial charge is 0.382 e. The Morgan fingerprint density at radius 1 is 1.18 bits per heavy atom. The summed E-state index contributed by atoms with van der Waals surface area (Å²) in [4.78, 5) is 38.5. The van der Waals surface area contributed by atoms with E-state index in [2.05, 4.69) is 16.5 Å². The molecule has 1 saturated heterocycles. The van der Waals surface area contributed by atoms with Crippen molar-refractivity contribution in [2.45, 2.75) is 44.9 Å². The van der Waals surface area contributed by atoms with Crippen molar-refractivity contribution >= 4 is 23.5 Å². The number of nitrogens with one attached hydrogen (secondary N) is 1. The number of nitriles is 1. The fourth-order valence-electron chi connectivity index (χ4n) is 4.79. The normalized spacial score (nSPS) is 19.7. The molecule has 1 saturated carbocycles. The van der Waals surface area contributed by atoms with Crippen LogP contribution in [0.5, 0.6) is 0 Å². The Bertz CT molecular complexity index is 1110. The highest BCUT2D eigenvalue weighted by Gasteiger charge is 2.47. The van der Waals surface area contributed by atoms with Crippen LogP contribution in [0.1, 0.15) is 49.8 Å². The summed E-state index contributed by atoms with van der Waals surface area (Å²) in [5.74, 6) is -1.15. The van der Waals surface area contributed by atoms with Gasteiger partial charge in [0, 0.05) is 19.5 Å². The van der Waals surface area contributed by atoms with Crippen LogP contribution in [-0.2, 0) is 20.8 Å². The number of anilines is 1. The van der Waals surface area contributed by atoms with Gasteiger partial charge in [-0.15, -0.1) is 0 Å². The van der Waals surface area contributed by atoms with E-state index in [4.69, 9.17) is 5.73 Å². The number of imide groups is 1. The summed E-state index contributed by atoms with van der Waals surface area (Å²) in [5.41, 5.74) is 7.35. The van der Waals surface area contributed by atoms with E-state index >= 15 is 0 Å². The number of amides is 3. The van der Waals surface area contributed by atoms with Gasteiger partial charge in [-0.2, -0.15) is 10.4 Å². The predicted molar refractivity (Wildman–Crippen MR) is 121 cm³/mol. The van der Waals surface area contributed by atoms with Crippen LogP contribution in [0.2, 0.25) is 0 Å². The van der Waals surface area contributed by atoms with Crippen LogP contribution in [0.15, 0.2) is 24.3 Å². The first-order valence-electron chi connectivity index (χ1n) is 11.6. The summed E-state index contributed by atoms with van der Waals surface area (Å²) in [6.45, 7) is 0.452. The van der Waals surface area contributed by atoms with Gasteiger partial charge in [0.1, 0.15) is 23.3 Å². The smallest absolute Gasteiger partial charge is 0.233 e. The molecule has 0 bridgehead atoms. The molecule has 0 radical (unpaired) electrons. The number of nitrogens with zero attached hydrogens (tertiary/aromatic N) is 4. The molecular weight excluding hydrogens is 439 g/mol. The SMILES string of the molecule is N#Cc1c(CCCNC(=O)CCN2C(=O)C3CCCCC3C2=O)nn(-c2ccc(F)cc2)c1N. The molecule has 1 aromatic heterocycles. The summed E-state index contributed by atoms with van der Waals surface area (Å²) >= 11 is 0. The highest BCUT2D eigenvalue weighted by Crippen LogP contribution is 2.37. The summed E-state index contributed by atoms with van der Waals surface area (Å²) in [7, 11) is 0. The van der Waals surface area contributed by atoms with Gasteiger partial charge in [0.2, 0.25) is 17.7 Å². The summed E-state index contributed by atoms with van der Waals surface area (Å²) in [6, 6.07) is 7.67. The van der Waals surface area contributed by atoms with Gasteiger partial charge < -0.3 is 11.1 Å². The minimum Gasteiger partial charge on any atom is -0.382 e.